The number of nitrogens with one attached hydrogen (secondary N) is 2. The van der Waals surface area contributed by atoms with Gasteiger partial charge in [-0.3, -0.25) is 20.4 Å². The highest BCUT2D eigenvalue weighted by atomic mass is 16.5. The van der Waals surface area contributed by atoms with Crippen LogP contribution >= 0.6 is 0 Å². The summed E-state index contributed by atoms with van der Waals surface area (Å²) in [5, 5.41) is 0. The topological polar surface area (TPSA) is 67.4 Å². The van der Waals surface area contributed by atoms with Gasteiger partial charge in [-0.1, -0.05) is 12.7 Å². The van der Waals surface area contributed by atoms with Gasteiger partial charge in [0.15, 0.2) is 0 Å². The molecule has 2 N–H and O–H groups in total. The molecular weight excluding hydrogens is 220 g/mol. The number of hydrogen-bond donors (Lipinski definition) is 2. The average molecular weight is 234 g/mol. The van der Waals surface area contributed by atoms with Gasteiger partial charge >= 0.3 is 0 Å². The van der Waals surface area contributed by atoms with Crippen molar-refractivity contribution in [3.8, 4) is 5.75 Å². The molecule has 1 rings (SSSR count). The number of ether oxygens (including phenoxy) is 1. The molecule has 0 aromatic heterocycles. The molecule has 5 nitrogen and oxygen atoms in total. The summed E-state index contributed by atoms with van der Waals surface area (Å²) >= 11 is 0. The van der Waals surface area contributed by atoms with Gasteiger partial charge in [0, 0.05) is 12.5 Å². The zero-order valence-electron chi connectivity index (χ0n) is 9.53. The Kier molecular flexibility index (Phi) is 4.75. The molecule has 0 aliphatic heterocycles. The molecular formula is C12H14N2O3. The van der Waals surface area contributed by atoms with Crippen LogP contribution in [0.4, 0.5) is 0 Å². The summed E-state index contributed by atoms with van der Waals surface area (Å²) in [7, 11) is 0. The van der Waals surface area contributed by atoms with Crippen LogP contribution in [0.1, 0.15) is 17.3 Å². The summed E-state index contributed by atoms with van der Waals surface area (Å²) in [6, 6.07) is 6.56. The summed E-state index contributed by atoms with van der Waals surface area (Å²) in [6.45, 7) is 5.26. The first-order chi connectivity index (χ1) is 8.13. The van der Waals surface area contributed by atoms with Crippen LogP contribution in [0.15, 0.2) is 36.9 Å². The van der Waals surface area contributed by atoms with E-state index in [1.807, 2.05) is 0 Å². The molecule has 0 atom stereocenters. The first-order valence-corrected chi connectivity index (χ1v) is 5.04. The summed E-state index contributed by atoms with van der Waals surface area (Å²) < 4.78 is 5.27. The van der Waals surface area contributed by atoms with Crippen molar-refractivity contribution in [2.45, 2.75) is 6.92 Å². The predicted molar refractivity (Wildman–Crippen MR) is 63.4 cm³/mol. The van der Waals surface area contributed by atoms with E-state index in [1.165, 1.54) is 6.92 Å². The Bertz CT molecular complexity index is 412. The third-order valence-corrected chi connectivity index (χ3v) is 1.84. The quantitative estimate of drug-likeness (QED) is 0.604. The third-order valence-electron chi connectivity index (χ3n) is 1.84. The van der Waals surface area contributed by atoms with Crippen molar-refractivity contribution < 1.29 is 14.3 Å². The largest absolute Gasteiger partial charge is 0.490 e. The van der Waals surface area contributed by atoms with Gasteiger partial charge in [-0.25, -0.2) is 0 Å². The summed E-state index contributed by atoms with van der Waals surface area (Å²) in [5.41, 5.74) is 4.91. The van der Waals surface area contributed by atoms with E-state index in [9.17, 15) is 9.59 Å². The Morgan fingerprint density at radius 2 is 1.94 bits per heavy atom. The Labute approximate surface area is 99.4 Å². The summed E-state index contributed by atoms with van der Waals surface area (Å²) in [4.78, 5) is 22.1. The van der Waals surface area contributed by atoms with Crippen molar-refractivity contribution in [2.24, 2.45) is 0 Å². The number of hydrazine groups is 1. The van der Waals surface area contributed by atoms with Crippen molar-refractivity contribution in [3.05, 3.63) is 42.5 Å². The fraction of sp³-hybridized carbons (Fsp3) is 0.167. The molecule has 0 radical (unpaired) electrons. The van der Waals surface area contributed by atoms with E-state index in [4.69, 9.17) is 4.74 Å². The molecule has 0 unspecified atom stereocenters. The lowest BCUT2D eigenvalue weighted by molar-refractivity contribution is -0.119. The normalized spacial score (nSPS) is 9.24. The SMILES string of the molecule is C=CCOc1ccc(C(=O)NNC(C)=O)cc1. The van der Waals surface area contributed by atoms with E-state index in [0.717, 1.165) is 0 Å². The van der Waals surface area contributed by atoms with E-state index >= 15 is 0 Å². The van der Waals surface area contributed by atoms with Crippen LogP contribution < -0.4 is 15.6 Å². The number of amides is 2. The molecule has 0 bridgehead atoms. The predicted octanol–water partition coefficient (Wildman–Crippen LogP) is 1.03. The fourth-order valence-corrected chi connectivity index (χ4v) is 1.07. The van der Waals surface area contributed by atoms with Gasteiger partial charge in [-0.2, -0.15) is 0 Å². The molecule has 1 aromatic rings. The van der Waals surface area contributed by atoms with Crippen LogP contribution in [0.2, 0.25) is 0 Å². The zero-order chi connectivity index (χ0) is 12.7. The fourth-order valence-electron chi connectivity index (χ4n) is 1.07. The molecule has 0 heterocycles. The lowest BCUT2D eigenvalue weighted by atomic mass is 10.2. The summed E-state index contributed by atoms with van der Waals surface area (Å²) in [6.07, 6.45) is 1.64. The molecule has 17 heavy (non-hydrogen) atoms. The highest BCUT2D eigenvalue weighted by Crippen LogP contribution is 2.11. The Morgan fingerprint density at radius 1 is 1.29 bits per heavy atom. The molecule has 0 spiro atoms. The summed E-state index contributed by atoms with van der Waals surface area (Å²) in [5.74, 6) is -0.0549. The van der Waals surface area contributed by atoms with E-state index < -0.39 is 0 Å². The monoisotopic (exact) mass is 234 g/mol. The van der Waals surface area contributed by atoms with Gasteiger partial charge in [0.05, 0.1) is 0 Å². The first kappa shape index (κ1) is 12.8. The standard InChI is InChI=1S/C12H14N2O3/c1-3-8-17-11-6-4-10(5-7-11)12(16)14-13-9(2)15/h3-7H,1,8H2,2H3,(H,13,15)(H,14,16). The number of benzene rings is 1. The molecule has 0 saturated heterocycles. The smallest absolute Gasteiger partial charge is 0.269 e. The second kappa shape index (κ2) is 6.32. The highest BCUT2D eigenvalue weighted by Gasteiger charge is 2.05. The molecule has 0 aliphatic rings. The van der Waals surface area contributed by atoms with Crippen LogP contribution in [0.25, 0.3) is 0 Å². The van der Waals surface area contributed by atoms with Crippen molar-refractivity contribution >= 4 is 11.8 Å². The van der Waals surface area contributed by atoms with Crippen LogP contribution in [0.5, 0.6) is 5.75 Å². The second-order valence-corrected chi connectivity index (χ2v) is 3.26. The van der Waals surface area contributed by atoms with E-state index in [2.05, 4.69) is 17.4 Å². The zero-order valence-corrected chi connectivity index (χ0v) is 9.53. The number of carbonyl (C=O) groups excluding carboxylic acids is 2. The maximum Gasteiger partial charge on any atom is 0.269 e. The molecule has 5 heteroatoms. The van der Waals surface area contributed by atoms with Crippen molar-refractivity contribution in [1.82, 2.24) is 10.9 Å². The lowest BCUT2D eigenvalue weighted by Gasteiger charge is -2.06. The van der Waals surface area contributed by atoms with Crippen LogP contribution in [-0.4, -0.2) is 18.4 Å². The van der Waals surface area contributed by atoms with E-state index in [0.29, 0.717) is 17.9 Å². The third kappa shape index (κ3) is 4.38. The van der Waals surface area contributed by atoms with Crippen LogP contribution in [-0.2, 0) is 4.79 Å². The maximum absolute atomic E-state index is 11.5. The molecule has 90 valence electrons. The van der Waals surface area contributed by atoms with Crippen LogP contribution in [0.3, 0.4) is 0 Å². The Morgan fingerprint density at radius 3 is 2.47 bits per heavy atom. The van der Waals surface area contributed by atoms with Gasteiger partial charge in [-0.05, 0) is 24.3 Å². The van der Waals surface area contributed by atoms with Gasteiger partial charge in [0.2, 0.25) is 5.91 Å². The van der Waals surface area contributed by atoms with Gasteiger partial charge < -0.3 is 4.74 Å². The number of carbonyl (C=O) groups is 2. The van der Waals surface area contributed by atoms with Gasteiger partial charge in [0.25, 0.3) is 5.91 Å². The lowest BCUT2D eigenvalue weighted by Crippen LogP contribution is -2.40. The Hall–Kier alpha value is -2.30. The number of rotatable bonds is 4. The second-order valence-electron chi connectivity index (χ2n) is 3.26. The Balaban J connectivity index is 2.57. The molecule has 0 saturated carbocycles. The highest BCUT2D eigenvalue weighted by molar-refractivity contribution is 5.95. The minimum atomic E-state index is -0.379. The molecule has 0 aliphatic carbocycles. The molecule has 1 aromatic carbocycles. The average Bonchev–Trinajstić information content (AvgIpc) is 2.34. The molecule has 2 amide bonds. The van der Waals surface area contributed by atoms with Gasteiger partial charge in [-0.15, -0.1) is 0 Å². The van der Waals surface area contributed by atoms with E-state index in [1.54, 1.807) is 30.3 Å². The first-order valence-electron chi connectivity index (χ1n) is 5.04. The van der Waals surface area contributed by atoms with Crippen molar-refractivity contribution in [1.29, 1.82) is 0 Å². The minimum absolute atomic E-state index is 0.329. The van der Waals surface area contributed by atoms with Crippen molar-refractivity contribution in [2.75, 3.05) is 6.61 Å². The van der Waals surface area contributed by atoms with E-state index in [-0.39, 0.29) is 11.8 Å². The maximum atomic E-state index is 11.5. The number of hydrogen-bond acceptors (Lipinski definition) is 3. The van der Waals surface area contributed by atoms with Crippen molar-refractivity contribution in [3.63, 3.8) is 0 Å². The van der Waals surface area contributed by atoms with Gasteiger partial charge in [0.1, 0.15) is 12.4 Å². The van der Waals surface area contributed by atoms with Crippen LogP contribution in [0, 0.1) is 0 Å². The minimum Gasteiger partial charge on any atom is -0.490 e. The molecule has 0 fully saturated rings.